The first kappa shape index (κ1) is 26.7. The molecular weight excluding hydrogens is 535 g/mol. The summed E-state index contributed by atoms with van der Waals surface area (Å²) < 4.78 is 28.0. The Hall–Kier alpha value is -3.53. The Morgan fingerprint density at radius 3 is 2.70 bits per heavy atom. The summed E-state index contributed by atoms with van der Waals surface area (Å²) in [6, 6.07) is 13.6. The molecule has 1 atom stereocenters. The van der Waals surface area contributed by atoms with E-state index >= 15 is 0 Å². The molecule has 2 aromatic carbocycles. The molecule has 0 amide bonds. The molecular formula is C30H30ClFN4O4. The third-order valence-corrected chi connectivity index (χ3v) is 8.06. The standard InChI is InChI=1S/C30H30ClFN4O4/c31-22-5-3-21(25(32)15-22)18-40-29-24(2-1-10-33-29)19-7-11-35(12-8-19)17-28-34-26-6-4-20(30(37)38)14-27(26)36(28)16-23-9-13-39-23/h1-6,10,14-15,19,23H,7-9,11-13,16-18H2,(H,37,38)/t23-/m0/s1. The smallest absolute Gasteiger partial charge is 0.335 e. The molecule has 10 heteroatoms. The number of likely N-dealkylation sites (tertiary alicyclic amines) is 1. The lowest BCUT2D eigenvalue weighted by molar-refractivity contribution is -0.0592. The normalized spacial score (nSPS) is 18.1. The van der Waals surface area contributed by atoms with Gasteiger partial charge in [-0.3, -0.25) is 4.90 Å². The van der Waals surface area contributed by atoms with Crippen LogP contribution < -0.4 is 4.74 Å². The number of carboxylic acids is 1. The van der Waals surface area contributed by atoms with E-state index in [-0.39, 0.29) is 24.2 Å². The first-order chi connectivity index (χ1) is 19.4. The number of hydrogen-bond acceptors (Lipinski definition) is 6. The molecule has 2 fully saturated rings. The van der Waals surface area contributed by atoms with Gasteiger partial charge in [0.15, 0.2) is 0 Å². The van der Waals surface area contributed by atoms with Crippen LogP contribution in [0, 0.1) is 5.82 Å². The molecule has 6 rings (SSSR count). The summed E-state index contributed by atoms with van der Waals surface area (Å²) in [5, 5.41) is 9.85. The largest absolute Gasteiger partial charge is 0.478 e. The average Bonchev–Trinajstić information content (AvgIpc) is 3.26. The zero-order valence-electron chi connectivity index (χ0n) is 21.9. The third kappa shape index (κ3) is 5.68. The van der Waals surface area contributed by atoms with Crippen molar-refractivity contribution in [3.63, 3.8) is 0 Å². The predicted molar refractivity (Wildman–Crippen MR) is 148 cm³/mol. The van der Waals surface area contributed by atoms with Crippen molar-refractivity contribution in [2.75, 3.05) is 19.7 Å². The van der Waals surface area contributed by atoms with E-state index in [0.29, 0.717) is 29.6 Å². The van der Waals surface area contributed by atoms with Crippen LogP contribution >= 0.6 is 11.6 Å². The number of pyridine rings is 1. The highest BCUT2D eigenvalue weighted by Crippen LogP contribution is 2.34. The molecule has 0 aliphatic carbocycles. The molecule has 40 heavy (non-hydrogen) atoms. The highest BCUT2D eigenvalue weighted by Gasteiger charge is 2.27. The Balaban J connectivity index is 1.14. The summed E-state index contributed by atoms with van der Waals surface area (Å²) >= 11 is 5.87. The fraction of sp³-hybridized carbons (Fsp3) is 0.367. The molecule has 8 nitrogen and oxygen atoms in total. The van der Waals surface area contributed by atoms with Crippen LogP contribution in [0.1, 0.15) is 52.5 Å². The quantitative estimate of drug-likeness (QED) is 0.280. The Labute approximate surface area is 236 Å². The molecule has 2 aliphatic heterocycles. The highest BCUT2D eigenvalue weighted by atomic mass is 35.5. The summed E-state index contributed by atoms with van der Waals surface area (Å²) in [5.74, 6) is 0.381. The summed E-state index contributed by atoms with van der Waals surface area (Å²) in [4.78, 5) is 23.3. The molecule has 0 unspecified atom stereocenters. The van der Waals surface area contributed by atoms with E-state index in [9.17, 15) is 14.3 Å². The van der Waals surface area contributed by atoms with Crippen LogP contribution in [0.2, 0.25) is 5.02 Å². The van der Waals surface area contributed by atoms with Crippen LogP contribution in [0.5, 0.6) is 5.88 Å². The van der Waals surface area contributed by atoms with E-state index in [1.165, 1.54) is 6.07 Å². The van der Waals surface area contributed by atoms with Crippen LogP contribution in [0.3, 0.4) is 0 Å². The minimum Gasteiger partial charge on any atom is -0.478 e. The van der Waals surface area contributed by atoms with Gasteiger partial charge in [-0.2, -0.15) is 0 Å². The van der Waals surface area contributed by atoms with E-state index in [4.69, 9.17) is 26.1 Å². The van der Waals surface area contributed by atoms with Crippen LogP contribution in [0.4, 0.5) is 4.39 Å². The van der Waals surface area contributed by atoms with Crippen molar-refractivity contribution in [2.24, 2.45) is 0 Å². The number of benzene rings is 2. The highest BCUT2D eigenvalue weighted by molar-refractivity contribution is 6.30. The van der Waals surface area contributed by atoms with E-state index in [0.717, 1.165) is 61.4 Å². The van der Waals surface area contributed by atoms with Crippen molar-refractivity contribution in [1.29, 1.82) is 0 Å². The summed E-state index contributed by atoms with van der Waals surface area (Å²) in [7, 11) is 0. The van der Waals surface area contributed by atoms with Gasteiger partial charge in [0.05, 0.1) is 35.8 Å². The van der Waals surface area contributed by atoms with Crippen molar-refractivity contribution in [3.8, 4) is 5.88 Å². The number of halogens is 2. The van der Waals surface area contributed by atoms with Crippen molar-refractivity contribution in [1.82, 2.24) is 19.4 Å². The van der Waals surface area contributed by atoms with Gasteiger partial charge in [0.25, 0.3) is 0 Å². The molecule has 0 saturated carbocycles. The van der Waals surface area contributed by atoms with Crippen molar-refractivity contribution in [3.05, 3.63) is 88.1 Å². The molecule has 208 valence electrons. The lowest BCUT2D eigenvalue weighted by Crippen LogP contribution is -2.35. The fourth-order valence-corrected chi connectivity index (χ4v) is 5.64. The first-order valence-corrected chi connectivity index (χ1v) is 13.9. The van der Waals surface area contributed by atoms with Crippen LogP contribution in [0.15, 0.2) is 54.7 Å². The molecule has 0 bridgehead atoms. The second-order valence-electron chi connectivity index (χ2n) is 10.4. The lowest BCUT2D eigenvalue weighted by Gasteiger charge is -2.33. The number of carbonyl (C=O) groups is 1. The van der Waals surface area contributed by atoms with Crippen LogP contribution in [-0.4, -0.2) is 56.3 Å². The van der Waals surface area contributed by atoms with Crippen LogP contribution in [-0.2, 0) is 24.4 Å². The van der Waals surface area contributed by atoms with Gasteiger partial charge in [0, 0.05) is 29.0 Å². The maximum absolute atomic E-state index is 14.2. The Kier molecular flexibility index (Phi) is 7.69. The molecule has 4 heterocycles. The molecule has 2 saturated heterocycles. The van der Waals surface area contributed by atoms with Gasteiger partial charge in [0.1, 0.15) is 18.2 Å². The van der Waals surface area contributed by atoms with E-state index < -0.39 is 11.8 Å². The third-order valence-electron chi connectivity index (χ3n) is 7.83. The van der Waals surface area contributed by atoms with E-state index in [1.807, 2.05) is 12.1 Å². The topological polar surface area (TPSA) is 89.7 Å². The monoisotopic (exact) mass is 564 g/mol. The van der Waals surface area contributed by atoms with Crippen LogP contribution in [0.25, 0.3) is 11.0 Å². The van der Waals surface area contributed by atoms with Crippen molar-refractivity contribution in [2.45, 2.75) is 51.0 Å². The molecule has 2 aliphatic rings. The van der Waals surface area contributed by atoms with E-state index in [1.54, 1.807) is 36.5 Å². The second-order valence-corrected chi connectivity index (χ2v) is 10.8. The Morgan fingerprint density at radius 1 is 1.15 bits per heavy atom. The number of rotatable bonds is 9. The molecule has 0 radical (unpaired) electrons. The molecule has 2 aromatic heterocycles. The summed E-state index contributed by atoms with van der Waals surface area (Å²) in [5.41, 5.74) is 3.34. The number of nitrogens with zero attached hydrogens (tertiary/aromatic N) is 4. The van der Waals surface area contributed by atoms with Crippen molar-refractivity contribution < 1.29 is 23.8 Å². The number of aromatic nitrogens is 3. The van der Waals surface area contributed by atoms with Gasteiger partial charge in [-0.15, -0.1) is 0 Å². The zero-order chi connectivity index (χ0) is 27.6. The SMILES string of the molecule is O=C(O)c1ccc2nc(CN3CCC(c4cccnc4OCc4ccc(Cl)cc4F)CC3)n(C[C@@H]3CCO3)c2c1. The van der Waals surface area contributed by atoms with Gasteiger partial charge < -0.3 is 19.1 Å². The number of aromatic carboxylic acids is 1. The van der Waals surface area contributed by atoms with Gasteiger partial charge in [0.2, 0.25) is 5.88 Å². The van der Waals surface area contributed by atoms with Gasteiger partial charge in [-0.05, 0) is 74.7 Å². The maximum Gasteiger partial charge on any atom is 0.335 e. The molecule has 1 N–H and O–H groups in total. The minimum atomic E-state index is -0.949. The number of carboxylic acid groups (broad SMARTS) is 1. The maximum atomic E-state index is 14.2. The van der Waals surface area contributed by atoms with Gasteiger partial charge in [-0.1, -0.05) is 23.7 Å². The first-order valence-electron chi connectivity index (χ1n) is 13.5. The zero-order valence-corrected chi connectivity index (χ0v) is 22.7. The number of piperidine rings is 1. The number of imidazole rings is 1. The number of ether oxygens (including phenoxy) is 2. The van der Waals surface area contributed by atoms with Crippen molar-refractivity contribution >= 4 is 28.6 Å². The fourth-order valence-electron chi connectivity index (χ4n) is 5.48. The average molecular weight is 565 g/mol. The molecule has 4 aromatic rings. The van der Waals surface area contributed by atoms with E-state index in [2.05, 4.69) is 14.5 Å². The molecule has 0 spiro atoms. The lowest BCUT2D eigenvalue weighted by atomic mass is 9.90. The Morgan fingerprint density at radius 2 is 1.98 bits per heavy atom. The number of fused-ring (bicyclic) bond motifs is 1. The minimum absolute atomic E-state index is 0.0797. The second kappa shape index (κ2) is 11.5. The summed E-state index contributed by atoms with van der Waals surface area (Å²) in [6.45, 7) is 3.91. The predicted octanol–water partition coefficient (Wildman–Crippen LogP) is 5.67. The summed E-state index contributed by atoms with van der Waals surface area (Å²) in [6.07, 6.45) is 4.65. The van der Waals surface area contributed by atoms with Gasteiger partial charge >= 0.3 is 5.97 Å². The Bertz CT molecular complexity index is 1530. The van der Waals surface area contributed by atoms with Gasteiger partial charge in [-0.25, -0.2) is 19.2 Å². The number of hydrogen-bond donors (Lipinski definition) is 1.